The van der Waals surface area contributed by atoms with Crippen LogP contribution in [-0.4, -0.2) is 56.7 Å². The highest BCUT2D eigenvalue weighted by Crippen LogP contribution is 2.42. The van der Waals surface area contributed by atoms with E-state index in [0.29, 0.717) is 10.9 Å². The third kappa shape index (κ3) is 2.89. The molecule has 3 rings (SSSR count). The highest BCUT2D eigenvalue weighted by Gasteiger charge is 2.41. The second kappa shape index (κ2) is 5.40. The topological polar surface area (TPSA) is 79.5 Å². The molecule has 1 aliphatic carbocycles. The predicted octanol–water partition coefficient (Wildman–Crippen LogP) is 1.05. The fourth-order valence-corrected chi connectivity index (χ4v) is 6.01. The fourth-order valence-electron chi connectivity index (χ4n) is 2.99. The van der Waals surface area contributed by atoms with Gasteiger partial charge in [-0.25, -0.2) is 8.42 Å². The minimum atomic E-state index is -3.30. The van der Waals surface area contributed by atoms with Gasteiger partial charge in [0.15, 0.2) is 15.7 Å². The smallest absolute Gasteiger partial charge is 0.187 e. The number of nitrogen functional groups attached to an aromatic ring is 1. The van der Waals surface area contributed by atoms with Gasteiger partial charge in [-0.15, -0.1) is 0 Å². The van der Waals surface area contributed by atoms with E-state index in [9.17, 15) is 8.42 Å². The van der Waals surface area contributed by atoms with E-state index in [1.807, 2.05) is 11.9 Å². The average Bonchev–Trinajstić information content (AvgIpc) is 3.09. The van der Waals surface area contributed by atoms with E-state index in [4.69, 9.17) is 5.73 Å². The number of hydrogen-bond donors (Lipinski definition) is 1. The predicted molar refractivity (Wildman–Crippen MR) is 85.6 cm³/mol. The lowest BCUT2D eigenvalue weighted by molar-refractivity contribution is 0.396. The summed E-state index contributed by atoms with van der Waals surface area (Å²) >= 11 is 1.20. The molecule has 8 heteroatoms. The molecule has 1 aliphatic heterocycles. The molecule has 1 saturated heterocycles. The highest BCUT2D eigenvalue weighted by atomic mass is 32.2. The maximum Gasteiger partial charge on any atom is 0.187 e. The monoisotopic (exact) mass is 330 g/mol. The zero-order valence-corrected chi connectivity index (χ0v) is 14.1. The normalized spacial score (nSPS) is 23.6. The van der Waals surface area contributed by atoms with Crippen LogP contribution in [0.3, 0.4) is 0 Å². The van der Waals surface area contributed by atoms with E-state index in [2.05, 4.69) is 16.3 Å². The van der Waals surface area contributed by atoms with Crippen molar-refractivity contribution >= 4 is 32.2 Å². The van der Waals surface area contributed by atoms with E-state index in [-0.39, 0.29) is 16.0 Å². The number of likely N-dealkylation sites (tertiary alicyclic amines) is 1. The molecule has 6 nitrogen and oxygen atoms in total. The van der Waals surface area contributed by atoms with Crippen LogP contribution in [0, 0.1) is 5.92 Å². The highest BCUT2D eigenvalue weighted by molar-refractivity contribution is 7.92. The average molecular weight is 330 g/mol. The Kier molecular flexibility index (Phi) is 3.87. The third-order valence-electron chi connectivity index (χ3n) is 4.27. The van der Waals surface area contributed by atoms with Gasteiger partial charge in [-0.3, -0.25) is 0 Å². The molecule has 1 saturated carbocycles. The van der Waals surface area contributed by atoms with Gasteiger partial charge in [-0.05, 0) is 50.3 Å². The standard InChI is InChI=1S/C13H22N4O2S2/c1-16-6-5-9(7-16)8-17(2)13-11(12(14)15-20-13)21(18,19)10-3-4-10/h9-10H,3-8H2,1-2H3,(H2,14,15). The molecule has 0 aromatic carbocycles. The lowest BCUT2D eigenvalue weighted by Crippen LogP contribution is -2.28. The van der Waals surface area contributed by atoms with Crippen LogP contribution in [0.25, 0.3) is 0 Å². The summed E-state index contributed by atoms with van der Waals surface area (Å²) in [6.07, 6.45) is 2.64. The van der Waals surface area contributed by atoms with E-state index in [0.717, 1.165) is 38.9 Å². The Hall–Kier alpha value is -0.860. The molecule has 21 heavy (non-hydrogen) atoms. The molecular formula is C13H22N4O2S2. The quantitative estimate of drug-likeness (QED) is 0.869. The molecule has 1 aromatic heterocycles. The minimum Gasteiger partial charge on any atom is -0.382 e. The van der Waals surface area contributed by atoms with E-state index >= 15 is 0 Å². The maximum absolute atomic E-state index is 12.5. The van der Waals surface area contributed by atoms with Crippen LogP contribution in [0.1, 0.15) is 19.3 Å². The van der Waals surface area contributed by atoms with Crippen molar-refractivity contribution in [3.63, 3.8) is 0 Å². The van der Waals surface area contributed by atoms with Gasteiger partial charge in [-0.1, -0.05) is 0 Å². The molecule has 2 fully saturated rings. The first-order valence-corrected chi connectivity index (χ1v) is 9.60. The van der Waals surface area contributed by atoms with E-state index < -0.39 is 9.84 Å². The number of aromatic nitrogens is 1. The van der Waals surface area contributed by atoms with Gasteiger partial charge >= 0.3 is 0 Å². The molecule has 1 unspecified atom stereocenters. The Balaban J connectivity index is 1.82. The van der Waals surface area contributed by atoms with Crippen LogP contribution in [0.4, 0.5) is 10.8 Å². The molecule has 0 amide bonds. The molecule has 0 spiro atoms. The van der Waals surface area contributed by atoms with Crippen LogP contribution in [0.15, 0.2) is 4.90 Å². The van der Waals surface area contributed by atoms with Gasteiger partial charge in [0, 0.05) is 20.1 Å². The van der Waals surface area contributed by atoms with Gasteiger partial charge in [0.1, 0.15) is 9.90 Å². The first-order valence-electron chi connectivity index (χ1n) is 7.28. The summed E-state index contributed by atoms with van der Waals surface area (Å²) in [5.74, 6) is 0.733. The second-order valence-corrected chi connectivity index (χ2v) is 9.16. The summed E-state index contributed by atoms with van der Waals surface area (Å²) in [5.41, 5.74) is 5.85. The molecule has 2 heterocycles. The summed E-state index contributed by atoms with van der Waals surface area (Å²) < 4.78 is 29.2. The Labute approximate surface area is 130 Å². The van der Waals surface area contributed by atoms with E-state index in [1.165, 1.54) is 11.5 Å². The van der Waals surface area contributed by atoms with Gasteiger partial charge in [0.05, 0.1) is 5.25 Å². The Morgan fingerprint density at radius 1 is 1.43 bits per heavy atom. The fraction of sp³-hybridized carbons (Fsp3) is 0.769. The van der Waals surface area contributed by atoms with Gasteiger partial charge in [0.25, 0.3) is 0 Å². The van der Waals surface area contributed by atoms with Gasteiger partial charge < -0.3 is 15.5 Å². The summed E-state index contributed by atoms with van der Waals surface area (Å²) in [6, 6.07) is 0. The van der Waals surface area contributed by atoms with Crippen LogP contribution >= 0.6 is 11.5 Å². The van der Waals surface area contributed by atoms with Crippen LogP contribution in [0.5, 0.6) is 0 Å². The van der Waals surface area contributed by atoms with E-state index in [1.54, 1.807) is 0 Å². The van der Waals surface area contributed by atoms with Crippen LogP contribution < -0.4 is 10.6 Å². The van der Waals surface area contributed by atoms with Crippen molar-refractivity contribution in [3.05, 3.63) is 0 Å². The van der Waals surface area contributed by atoms with Crippen molar-refractivity contribution in [1.29, 1.82) is 0 Å². The largest absolute Gasteiger partial charge is 0.382 e. The number of nitrogens with zero attached hydrogens (tertiary/aromatic N) is 3. The van der Waals surface area contributed by atoms with Crippen molar-refractivity contribution in [2.45, 2.75) is 29.4 Å². The third-order valence-corrected chi connectivity index (χ3v) is 7.70. The maximum atomic E-state index is 12.5. The van der Waals surface area contributed by atoms with Crippen molar-refractivity contribution in [1.82, 2.24) is 9.27 Å². The number of sulfone groups is 1. The number of hydrogen-bond acceptors (Lipinski definition) is 7. The Morgan fingerprint density at radius 3 is 2.71 bits per heavy atom. The minimum absolute atomic E-state index is 0.164. The molecule has 1 atom stereocenters. The van der Waals surface area contributed by atoms with Crippen molar-refractivity contribution in [2.75, 3.05) is 44.4 Å². The summed E-state index contributed by atoms with van der Waals surface area (Å²) in [4.78, 5) is 4.60. The van der Waals surface area contributed by atoms with Crippen LogP contribution in [0.2, 0.25) is 0 Å². The number of anilines is 2. The van der Waals surface area contributed by atoms with Gasteiger partial charge in [0.2, 0.25) is 0 Å². The SMILES string of the molecule is CN1CCC(CN(C)c2snc(N)c2S(=O)(=O)C2CC2)C1. The lowest BCUT2D eigenvalue weighted by Gasteiger charge is -2.22. The molecule has 0 bridgehead atoms. The number of rotatable bonds is 5. The Morgan fingerprint density at radius 2 is 2.14 bits per heavy atom. The van der Waals surface area contributed by atoms with Crippen molar-refractivity contribution in [3.8, 4) is 0 Å². The summed E-state index contributed by atoms with van der Waals surface area (Å²) in [6.45, 7) is 3.01. The molecule has 0 radical (unpaired) electrons. The summed E-state index contributed by atoms with van der Waals surface area (Å²) in [7, 11) is 0.758. The first kappa shape index (κ1) is 15.1. The number of nitrogens with two attached hydrogens (primary N) is 1. The van der Waals surface area contributed by atoms with Crippen LogP contribution in [-0.2, 0) is 9.84 Å². The Bertz CT molecular complexity index is 624. The van der Waals surface area contributed by atoms with Crippen molar-refractivity contribution < 1.29 is 8.42 Å². The molecule has 2 N–H and O–H groups in total. The lowest BCUT2D eigenvalue weighted by atomic mass is 10.1. The van der Waals surface area contributed by atoms with Gasteiger partial charge in [-0.2, -0.15) is 4.37 Å². The molecule has 1 aromatic rings. The van der Waals surface area contributed by atoms with Crippen molar-refractivity contribution in [2.24, 2.45) is 5.92 Å². The zero-order valence-electron chi connectivity index (χ0n) is 12.4. The first-order chi connectivity index (χ1) is 9.89. The molecule has 2 aliphatic rings. The molecular weight excluding hydrogens is 308 g/mol. The second-order valence-electron chi connectivity index (χ2n) is 6.24. The summed E-state index contributed by atoms with van der Waals surface area (Å²) in [5, 5.41) is 0.454. The zero-order chi connectivity index (χ0) is 15.2. The molecule has 118 valence electrons.